The number of rotatable bonds is 6. The van der Waals surface area contributed by atoms with Gasteiger partial charge in [-0.15, -0.1) is 11.3 Å². The monoisotopic (exact) mass is 719 g/mol. The van der Waals surface area contributed by atoms with Gasteiger partial charge in [0.2, 0.25) is 0 Å². The van der Waals surface area contributed by atoms with Crippen LogP contribution in [-0.2, 0) is 0 Å². The highest BCUT2D eigenvalue weighted by Gasteiger charge is 2.20. The molecule has 3 heteroatoms. The van der Waals surface area contributed by atoms with E-state index in [2.05, 4.69) is 199 Å². The van der Waals surface area contributed by atoms with Gasteiger partial charge in [0.1, 0.15) is 11.2 Å². The Morgan fingerprint density at radius 3 is 1.91 bits per heavy atom. The van der Waals surface area contributed by atoms with Crippen molar-refractivity contribution in [2.45, 2.75) is 0 Å². The molecular formula is C52H33NOS. The second kappa shape index (κ2) is 12.9. The second-order valence-corrected chi connectivity index (χ2v) is 15.2. The number of fused-ring (bicyclic) bond motifs is 7. The average molecular weight is 720 g/mol. The van der Waals surface area contributed by atoms with E-state index in [9.17, 15) is 0 Å². The molecule has 55 heavy (non-hydrogen) atoms. The van der Waals surface area contributed by atoms with E-state index < -0.39 is 0 Å². The molecular weight excluding hydrogens is 687 g/mol. The molecule has 0 aliphatic heterocycles. The van der Waals surface area contributed by atoms with Crippen LogP contribution in [0.5, 0.6) is 0 Å². The lowest BCUT2D eigenvalue weighted by molar-refractivity contribution is 0.669. The van der Waals surface area contributed by atoms with Gasteiger partial charge >= 0.3 is 0 Å². The second-order valence-electron chi connectivity index (χ2n) is 14.1. The number of thiophene rings is 1. The minimum atomic E-state index is 0.871. The van der Waals surface area contributed by atoms with Gasteiger partial charge < -0.3 is 9.32 Å². The molecule has 11 rings (SSSR count). The van der Waals surface area contributed by atoms with E-state index in [4.69, 9.17) is 4.42 Å². The summed E-state index contributed by atoms with van der Waals surface area (Å²) in [5, 5.41) is 7.33. The maximum atomic E-state index is 6.40. The molecule has 9 aromatic carbocycles. The number of anilines is 3. The molecule has 258 valence electrons. The summed E-state index contributed by atoms with van der Waals surface area (Å²) in [6.45, 7) is 0. The van der Waals surface area contributed by atoms with E-state index in [0.717, 1.165) is 44.6 Å². The minimum absolute atomic E-state index is 0.871. The van der Waals surface area contributed by atoms with Crippen LogP contribution in [0.25, 0.3) is 86.3 Å². The maximum Gasteiger partial charge on any atom is 0.137 e. The highest BCUT2D eigenvalue weighted by atomic mass is 32.1. The first-order valence-corrected chi connectivity index (χ1v) is 19.5. The van der Waals surface area contributed by atoms with Crippen molar-refractivity contribution >= 4 is 81.3 Å². The molecule has 0 aliphatic rings. The van der Waals surface area contributed by atoms with E-state index in [1.807, 2.05) is 17.4 Å². The number of benzene rings is 9. The van der Waals surface area contributed by atoms with Crippen molar-refractivity contribution in [2.75, 3.05) is 4.90 Å². The summed E-state index contributed by atoms with van der Waals surface area (Å²) in [5.41, 5.74) is 12.1. The van der Waals surface area contributed by atoms with E-state index in [1.54, 1.807) is 0 Å². The molecule has 11 aromatic rings. The molecule has 2 aromatic heterocycles. The average Bonchev–Trinajstić information content (AvgIpc) is 3.83. The molecule has 0 aliphatic carbocycles. The Morgan fingerprint density at radius 1 is 0.364 bits per heavy atom. The highest BCUT2D eigenvalue weighted by Crippen LogP contribution is 2.44. The van der Waals surface area contributed by atoms with Crippen molar-refractivity contribution in [3.8, 4) is 33.4 Å². The fraction of sp³-hybridized carbons (Fsp3) is 0. The van der Waals surface area contributed by atoms with Crippen LogP contribution in [0, 0.1) is 0 Å². The Morgan fingerprint density at radius 2 is 1.00 bits per heavy atom. The van der Waals surface area contributed by atoms with Gasteiger partial charge in [0.05, 0.1) is 11.1 Å². The van der Waals surface area contributed by atoms with Gasteiger partial charge in [-0.3, -0.25) is 0 Å². The summed E-state index contributed by atoms with van der Waals surface area (Å²) >= 11 is 1.85. The Labute approximate surface area is 322 Å². The summed E-state index contributed by atoms with van der Waals surface area (Å²) in [6.07, 6.45) is 0. The first-order chi connectivity index (χ1) is 27.2. The third-order valence-corrected chi connectivity index (χ3v) is 12.0. The predicted molar refractivity (Wildman–Crippen MR) is 235 cm³/mol. The lowest BCUT2D eigenvalue weighted by Crippen LogP contribution is -2.10. The van der Waals surface area contributed by atoms with Gasteiger partial charge in [0.15, 0.2) is 0 Å². The van der Waals surface area contributed by atoms with Gasteiger partial charge in [-0.2, -0.15) is 0 Å². The number of nitrogens with zero attached hydrogens (tertiary/aromatic N) is 1. The molecule has 0 fully saturated rings. The quantitative estimate of drug-likeness (QED) is 0.170. The smallest absolute Gasteiger partial charge is 0.137 e. The molecule has 0 spiro atoms. The van der Waals surface area contributed by atoms with E-state index in [1.165, 1.54) is 58.8 Å². The lowest BCUT2D eigenvalue weighted by Gasteiger charge is -2.27. The first-order valence-electron chi connectivity index (χ1n) is 18.7. The van der Waals surface area contributed by atoms with Crippen molar-refractivity contribution in [3.05, 3.63) is 200 Å². The summed E-state index contributed by atoms with van der Waals surface area (Å²) in [5.74, 6) is 0. The van der Waals surface area contributed by atoms with E-state index in [0.29, 0.717) is 0 Å². The fourth-order valence-corrected chi connectivity index (χ4v) is 9.33. The Balaban J connectivity index is 1.05. The maximum absolute atomic E-state index is 6.40. The molecule has 0 amide bonds. The third kappa shape index (κ3) is 5.40. The van der Waals surface area contributed by atoms with Crippen molar-refractivity contribution in [1.82, 2.24) is 0 Å². The predicted octanol–water partition coefficient (Wildman–Crippen LogP) is 15.6. The topological polar surface area (TPSA) is 16.4 Å². The molecule has 0 N–H and O–H groups in total. The minimum Gasteiger partial charge on any atom is -0.456 e. The van der Waals surface area contributed by atoms with Crippen LogP contribution in [0.1, 0.15) is 0 Å². The zero-order chi connectivity index (χ0) is 36.3. The van der Waals surface area contributed by atoms with Crippen LogP contribution in [0.2, 0.25) is 0 Å². The van der Waals surface area contributed by atoms with Gasteiger partial charge in [0.25, 0.3) is 0 Å². The molecule has 0 bridgehead atoms. The largest absolute Gasteiger partial charge is 0.456 e. The number of hydrogen-bond acceptors (Lipinski definition) is 3. The standard InChI is InChI=1S/C52H33NOS/c1-2-17-42-35(11-1)12-9-20-43(42)39-15-7-13-36(31-39)37-14-8-16-41(32-37)53(47-21-10-23-49-52(47)45-19-3-5-22-48(45)54-49)40-28-25-34(26-29-40)38-27-30-51-46(33-38)44-18-4-6-24-50(44)55-51/h1-33H. The van der Waals surface area contributed by atoms with Crippen LogP contribution >= 0.6 is 11.3 Å². The number of para-hydroxylation sites is 1. The van der Waals surface area contributed by atoms with Crippen LogP contribution in [-0.4, -0.2) is 0 Å². The van der Waals surface area contributed by atoms with Gasteiger partial charge in [-0.25, -0.2) is 0 Å². The zero-order valence-corrected chi connectivity index (χ0v) is 30.6. The zero-order valence-electron chi connectivity index (χ0n) is 29.8. The highest BCUT2D eigenvalue weighted by molar-refractivity contribution is 7.25. The molecule has 2 heterocycles. The van der Waals surface area contributed by atoms with Gasteiger partial charge in [-0.1, -0.05) is 133 Å². The Hall–Kier alpha value is -6.94. The summed E-state index contributed by atoms with van der Waals surface area (Å²) in [7, 11) is 0. The van der Waals surface area contributed by atoms with Crippen LogP contribution in [0.4, 0.5) is 17.1 Å². The fourth-order valence-electron chi connectivity index (χ4n) is 8.25. The summed E-state index contributed by atoms with van der Waals surface area (Å²) in [6, 6.07) is 72.3. The van der Waals surface area contributed by atoms with Crippen molar-refractivity contribution in [3.63, 3.8) is 0 Å². The van der Waals surface area contributed by atoms with Crippen LogP contribution < -0.4 is 4.90 Å². The molecule has 2 nitrogen and oxygen atoms in total. The summed E-state index contributed by atoms with van der Waals surface area (Å²) < 4.78 is 9.04. The molecule has 0 atom stereocenters. The molecule has 0 saturated heterocycles. The molecule has 0 saturated carbocycles. The normalized spacial score (nSPS) is 11.6. The number of hydrogen-bond donors (Lipinski definition) is 0. The third-order valence-electron chi connectivity index (χ3n) is 10.9. The van der Waals surface area contributed by atoms with E-state index >= 15 is 0 Å². The van der Waals surface area contributed by atoms with Crippen molar-refractivity contribution < 1.29 is 4.42 Å². The summed E-state index contributed by atoms with van der Waals surface area (Å²) in [4.78, 5) is 2.38. The molecule has 0 unspecified atom stereocenters. The SMILES string of the molecule is c1cc(-c2cccc(N(c3ccc(-c4ccc5sc6ccccc6c5c4)cc3)c3cccc4oc5ccccc5c34)c2)cc(-c2cccc3ccccc23)c1. The van der Waals surface area contributed by atoms with Crippen molar-refractivity contribution in [2.24, 2.45) is 0 Å². The van der Waals surface area contributed by atoms with Gasteiger partial charge in [-0.05, 0) is 111 Å². The van der Waals surface area contributed by atoms with Crippen LogP contribution in [0.15, 0.2) is 205 Å². The van der Waals surface area contributed by atoms with Crippen LogP contribution in [0.3, 0.4) is 0 Å². The Kier molecular flexibility index (Phi) is 7.39. The Bertz CT molecular complexity index is 3220. The molecule has 0 radical (unpaired) electrons. The van der Waals surface area contributed by atoms with E-state index in [-0.39, 0.29) is 0 Å². The lowest BCUT2D eigenvalue weighted by atomic mass is 9.95. The first kappa shape index (κ1) is 31.6. The number of furan rings is 1. The van der Waals surface area contributed by atoms with Crippen molar-refractivity contribution in [1.29, 1.82) is 0 Å². The van der Waals surface area contributed by atoms with Gasteiger partial charge in [0, 0.05) is 36.9 Å².